The normalized spacial score (nSPS) is 17.8. The predicted molar refractivity (Wildman–Crippen MR) is 98.2 cm³/mol. The van der Waals surface area contributed by atoms with E-state index in [0.29, 0.717) is 34.2 Å². The van der Waals surface area contributed by atoms with Gasteiger partial charge in [0.25, 0.3) is 11.5 Å². The minimum absolute atomic E-state index is 0.00476. The van der Waals surface area contributed by atoms with E-state index in [0.717, 1.165) is 17.8 Å². The highest BCUT2D eigenvalue weighted by atomic mass is 32.1. The van der Waals surface area contributed by atoms with Gasteiger partial charge in [0.15, 0.2) is 0 Å². The summed E-state index contributed by atoms with van der Waals surface area (Å²) in [5, 5.41) is 8.13. The second kappa shape index (κ2) is 6.68. The first-order valence-electron chi connectivity index (χ1n) is 8.34. The summed E-state index contributed by atoms with van der Waals surface area (Å²) < 4.78 is 1.33. The van der Waals surface area contributed by atoms with E-state index in [1.165, 1.54) is 16.0 Å². The van der Waals surface area contributed by atoms with Crippen LogP contribution in [-0.2, 0) is 7.05 Å². The largest absolute Gasteiger partial charge is 0.335 e. The van der Waals surface area contributed by atoms with E-state index < -0.39 is 0 Å². The molecule has 1 N–H and O–H groups in total. The molecule has 0 bridgehead atoms. The van der Waals surface area contributed by atoms with Gasteiger partial charge in [0, 0.05) is 32.7 Å². The molecular weight excluding hydrogens is 338 g/mol. The molecule has 1 saturated heterocycles. The zero-order valence-electron chi connectivity index (χ0n) is 15.2. The first kappa shape index (κ1) is 17.8. The van der Waals surface area contributed by atoms with E-state index in [-0.39, 0.29) is 17.5 Å². The van der Waals surface area contributed by atoms with E-state index in [1.54, 1.807) is 7.05 Å². The minimum Gasteiger partial charge on any atom is -0.335 e. The fraction of sp³-hybridized carbons (Fsp3) is 0.529. The number of aryl methyl sites for hydroxylation is 3. The standard InChI is InChI=1S/C17H23N5O2S/c1-9-8-22(7-6-18-9)17(24)14-12(4)19-15(25-14)13-10(2)11(3)20-21(5)16(13)23/h9,18H,6-8H2,1-5H3. The lowest BCUT2D eigenvalue weighted by atomic mass is 10.1. The Morgan fingerprint density at radius 1 is 1.28 bits per heavy atom. The molecule has 134 valence electrons. The molecule has 2 aromatic rings. The Kier molecular flexibility index (Phi) is 4.75. The summed E-state index contributed by atoms with van der Waals surface area (Å²) in [5.74, 6) is -0.00476. The Morgan fingerprint density at radius 2 is 2.00 bits per heavy atom. The van der Waals surface area contributed by atoms with Crippen molar-refractivity contribution in [2.75, 3.05) is 19.6 Å². The number of hydrogen-bond donors (Lipinski definition) is 1. The molecule has 2 aromatic heterocycles. The van der Waals surface area contributed by atoms with Crippen LogP contribution >= 0.6 is 11.3 Å². The van der Waals surface area contributed by atoms with Crippen LogP contribution in [-0.4, -0.2) is 51.2 Å². The summed E-state index contributed by atoms with van der Waals surface area (Å²) in [4.78, 5) is 32.4. The first-order valence-corrected chi connectivity index (χ1v) is 9.16. The van der Waals surface area contributed by atoms with Crippen molar-refractivity contribution in [2.24, 2.45) is 7.05 Å². The van der Waals surface area contributed by atoms with Gasteiger partial charge in [-0.15, -0.1) is 11.3 Å². The van der Waals surface area contributed by atoms with E-state index in [9.17, 15) is 9.59 Å². The van der Waals surface area contributed by atoms with Gasteiger partial charge in [-0.25, -0.2) is 9.67 Å². The monoisotopic (exact) mass is 361 g/mol. The van der Waals surface area contributed by atoms with Crippen molar-refractivity contribution >= 4 is 17.2 Å². The Bertz CT molecular complexity index is 886. The molecule has 0 aliphatic carbocycles. The average molecular weight is 361 g/mol. The Morgan fingerprint density at radius 3 is 2.68 bits per heavy atom. The van der Waals surface area contributed by atoms with Gasteiger partial charge in [-0.2, -0.15) is 5.10 Å². The van der Waals surface area contributed by atoms with Crippen LogP contribution in [0.15, 0.2) is 4.79 Å². The number of aromatic nitrogens is 3. The molecule has 1 atom stereocenters. The number of hydrogen-bond acceptors (Lipinski definition) is 6. The molecular formula is C17H23N5O2S. The highest BCUT2D eigenvalue weighted by Gasteiger charge is 2.26. The van der Waals surface area contributed by atoms with Crippen molar-refractivity contribution in [3.05, 3.63) is 32.2 Å². The van der Waals surface area contributed by atoms with Crippen LogP contribution < -0.4 is 10.9 Å². The molecule has 25 heavy (non-hydrogen) atoms. The van der Waals surface area contributed by atoms with Crippen molar-refractivity contribution in [1.29, 1.82) is 0 Å². The Hall–Kier alpha value is -2.06. The topological polar surface area (TPSA) is 80.1 Å². The Labute approximate surface area is 150 Å². The molecule has 1 aliphatic heterocycles. The lowest BCUT2D eigenvalue weighted by Gasteiger charge is -2.31. The number of amides is 1. The second-order valence-corrected chi connectivity index (χ2v) is 7.55. The molecule has 8 heteroatoms. The number of carbonyl (C=O) groups is 1. The minimum atomic E-state index is -0.188. The van der Waals surface area contributed by atoms with Gasteiger partial charge in [-0.1, -0.05) is 0 Å². The van der Waals surface area contributed by atoms with Crippen LogP contribution in [0.4, 0.5) is 0 Å². The molecule has 7 nitrogen and oxygen atoms in total. The molecule has 0 radical (unpaired) electrons. The van der Waals surface area contributed by atoms with Gasteiger partial charge >= 0.3 is 0 Å². The highest BCUT2D eigenvalue weighted by Crippen LogP contribution is 2.29. The molecule has 3 rings (SSSR count). The molecule has 1 unspecified atom stereocenters. The number of thiazole rings is 1. The summed E-state index contributed by atoms with van der Waals surface area (Å²) in [6, 6.07) is 0.280. The predicted octanol–water partition coefficient (Wildman–Crippen LogP) is 1.26. The number of piperazine rings is 1. The van der Waals surface area contributed by atoms with Gasteiger partial charge in [0.2, 0.25) is 0 Å². The van der Waals surface area contributed by atoms with Crippen LogP contribution in [0.25, 0.3) is 10.6 Å². The summed E-state index contributed by atoms with van der Waals surface area (Å²) in [6.07, 6.45) is 0. The SMILES string of the molecule is Cc1nc(-c2c(C)c(C)nn(C)c2=O)sc1C(=O)N1CCNC(C)C1. The number of nitrogens with one attached hydrogen (secondary N) is 1. The first-order chi connectivity index (χ1) is 11.8. The van der Waals surface area contributed by atoms with Crippen molar-refractivity contribution in [3.8, 4) is 10.6 Å². The highest BCUT2D eigenvalue weighted by molar-refractivity contribution is 7.17. The van der Waals surface area contributed by atoms with Gasteiger partial charge in [-0.05, 0) is 33.3 Å². The smallest absolute Gasteiger partial charge is 0.277 e. The molecule has 1 aliphatic rings. The van der Waals surface area contributed by atoms with Crippen LogP contribution in [0.1, 0.15) is 33.5 Å². The van der Waals surface area contributed by atoms with Gasteiger partial charge in [0.1, 0.15) is 9.88 Å². The summed E-state index contributed by atoms with van der Waals surface area (Å²) >= 11 is 1.30. The van der Waals surface area contributed by atoms with Crippen molar-refractivity contribution in [1.82, 2.24) is 25.0 Å². The van der Waals surface area contributed by atoms with Crippen LogP contribution in [0, 0.1) is 20.8 Å². The maximum absolute atomic E-state index is 12.9. The lowest BCUT2D eigenvalue weighted by molar-refractivity contribution is 0.0713. The third kappa shape index (κ3) is 3.23. The van der Waals surface area contributed by atoms with Crippen molar-refractivity contribution < 1.29 is 4.79 Å². The van der Waals surface area contributed by atoms with Crippen LogP contribution in [0.2, 0.25) is 0 Å². The van der Waals surface area contributed by atoms with E-state index in [4.69, 9.17) is 0 Å². The average Bonchev–Trinajstić information content (AvgIpc) is 2.94. The maximum atomic E-state index is 12.9. The summed E-state index contributed by atoms with van der Waals surface area (Å²) in [6.45, 7) is 9.79. The fourth-order valence-corrected chi connectivity index (χ4v) is 4.19. The third-order valence-electron chi connectivity index (χ3n) is 4.59. The Balaban J connectivity index is 2.02. The van der Waals surface area contributed by atoms with Gasteiger partial charge in [-0.3, -0.25) is 9.59 Å². The molecule has 0 saturated carbocycles. The summed E-state index contributed by atoms with van der Waals surface area (Å²) in [5.41, 5.74) is 2.62. The quantitative estimate of drug-likeness (QED) is 0.871. The lowest BCUT2D eigenvalue weighted by Crippen LogP contribution is -2.51. The number of carbonyl (C=O) groups excluding carboxylic acids is 1. The van der Waals surface area contributed by atoms with Gasteiger partial charge in [0.05, 0.1) is 17.0 Å². The number of nitrogens with zero attached hydrogens (tertiary/aromatic N) is 4. The van der Waals surface area contributed by atoms with E-state index in [1.807, 2.05) is 25.7 Å². The maximum Gasteiger partial charge on any atom is 0.277 e. The second-order valence-electron chi connectivity index (χ2n) is 6.55. The van der Waals surface area contributed by atoms with Crippen LogP contribution in [0.5, 0.6) is 0 Å². The fourth-order valence-electron chi connectivity index (χ4n) is 3.06. The van der Waals surface area contributed by atoms with E-state index >= 15 is 0 Å². The van der Waals surface area contributed by atoms with Crippen molar-refractivity contribution in [3.63, 3.8) is 0 Å². The van der Waals surface area contributed by atoms with Gasteiger partial charge < -0.3 is 10.2 Å². The molecule has 1 amide bonds. The zero-order chi connectivity index (χ0) is 18.3. The van der Waals surface area contributed by atoms with Crippen LogP contribution in [0.3, 0.4) is 0 Å². The molecule has 0 aromatic carbocycles. The number of rotatable bonds is 2. The molecule has 3 heterocycles. The third-order valence-corrected chi connectivity index (χ3v) is 5.75. The van der Waals surface area contributed by atoms with E-state index in [2.05, 4.69) is 22.3 Å². The molecule has 1 fully saturated rings. The molecule has 0 spiro atoms. The summed E-state index contributed by atoms with van der Waals surface area (Å²) in [7, 11) is 1.63. The zero-order valence-corrected chi connectivity index (χ0v) is 16.0. The van der Waals surface area contributed by atoms with Crippen molar-refractivity contribution in [2.45, 2.75) is 33.7 Å².